The Bertz CT molecular complexity index is 1100. The third-order valence-corrected chi connectivity index (χ3v) is 6.96. The summed E-state index contributed by atoms with van der Waals surface area (Å²) in [5.74, 6) is -6.82. The van der Waals surface area contributed by atoms with Gasteiger partial charge in [0.15, 0.2) is 11.4 Å². The summed E-state index contributed by atoms with van der Waals surface area (Å²) in [6, 6.07) is 3.64. The normalized spacial score (nSPS) is 32.7. The van der Waals surface area contributed by atoms with E-state index in [2.05, 4.69) is 0 Å². The molecule has 4 rings (SSSR count). The number of Topliss-reactive ketones (excluding diaryl/α,β-unsaturated/α-hetero) is 2. The Hall–Kier alpha value is -3.17. The number of aliphatic hydroxyl groups is 3. The third-order valence-electron chi connectivity index (χ3n) is 6.96. The SMILES string of the molecule is C[C@@H]1c2cccc(O)c2C(O)=C2C(=O)[C@]3(O)C(O)=C(C(N)=O)C(=O)[C@@H](N(C)C)[C@@H]3C[C@@H]21. The quantitative estimate of drug-likeness (QED) is 0.426. The lowest BCUT2D eigenvalue weighted by atomic mass is 9.55. The van der Waals surface area contributed by atoms with E-state index in [1.54, 1.807) is 26.2 Å². The number of benzene rings is 1. The monoisotopic (exact) mass is 428 g/mol. The van der Waals surface area contributed by atoms with Gasteiger partial charge < -0.3 is 26.2 Å². The Morgan fingerprint density at radius 3 is 2.42 bits per heavy atom. The molecule has 9 nitrogen and oxygen atoms in total. The highest BCUT2D eigenvalue weighted by Gasteiger charge is 2.64. The number of rotatable bonds is 2. The molecule has 0 spiro atoms. The van der Waals surface area contributed by atoms with Crippen LogP contribution in [0.5, 0.6) is 5.75 Å². The first kappa shape index (κ1) is 21.1. The summed E-state index contributed by atoms with van der Waals surface area (Å²) >= 11 is 0. The van der Waals surface area contributed by atoms with Crippen molar-refractivity contribution in [2.45, 2.75) is 30.9 Å². The number of hydrogen-bond donors (Lipinski definition) is 5. The fraction of sp³-hybridized carbons (Fsp3) is 0.409. The molecule has 3 aliphatic rings. The van der Waals surface area contributed by atoms with Crippen molar-refractivity contribution in [3.05, 3.63) is 46.2 Å². The van der Waals surface area contributed by atoms with Crippen molar-refractivity contribution >= 4 is 23.2 Å². The largest absolute Gasteiger partial charge is 0.508 e. The van der Waals surface area contributed by atoms with Crippen LogP contribution in [0.25, 0.3) is 5.76 Å². The number of likely N-dealkylation sites (N-methyl/N-ethyl adjacent to an activating group) is 1. The molecule has 9 heteroatoms. The topological polar surface area (TPSA) is 161 Å². The van der Waals surface area contributed by atoms with E-state index in [9.17, 15) is 34.8 Å². The summed E-state index contributed by atoms with van der Waals surface area (Å²) in [4.78, 5) is 40.0. The van der Waals surface area contributed by atoms with Crippen molar-refractivity contribution < 1.29 is 34.8 Å². The van der Waals surface area contributed by atoms with Crippen LogP contribution in [-0.2, 0) is 14.4 Å². The average molecular weight is 428 g/mol. The maximum absolute atomic E-state index is 13.6. The first-order valence-corrected chi connectivity index (χ1v) is 9.91. The molecule has 0 aliphatic heterocycles. The molecule has 5 atom stereocenters. The van der Waals surface area contributed by atoms with Crippen molar-refractivity contribution in [3.63, 3.8) is 0 Å². The molecule has 1 aromatic rings. The highest BCUT2D eigenvalue weighted by molar-refractivity contribution is 6.24. The van der Waals surface area contributed by atoms with Gasteiger partial charge in [-0.05, 0) is 44.0 Å². The van der Waals surface area contributed by atoms with Crippen LogP contribution in [0.2, 0.25) is 0 Å². The van der Waals surface area contributed by atoms with Gasteiger partial charge in [-0.1, -0.05) is 19.1 Å². The minimum Gasteiger partial charge on any atom is -0.508 e. The molecule has 0 radical (unpaired) electrons. The highest BCUT2D eigenvalue weighted by Crippen LogP contribution is 2.55. The number of carbonyl (C=O) groups is 3. The van der Waals surface area contributed by atoms with E-state index in [4.69, 9.17) is 5.73 Å². The zero-order valence-corrected chi connectivity index (χ0v) is 17.3. The van der Waals surface area contributed by atoms with Gasteiger partial charge in [0, 0.05) is 11.5 Å². The summed E-state index contributed by atoms with van der Waals surface area (Å²) in [5.41, 5.74) is 2.42. The summed E-state index contributed by atoms with van der Waals surface area (Å²) in [6.07, 6.45) is 0.0720. The number of nitrogens with zero attached hydrogens (tertiary/aromatic N) is 1. The molecule has 0 bridgehead atoms. The molecule has 1 amide bonds. The first-order valence-electron chi connectivity index (χ1n) is 9.91. The van der Waals surface area contributed by atoms with Crippen molar-refractivity contribution in [1.82, 2.24) is 4.90 Å². The second-order valence-electron chi connectivity index (χ2n) is 8.70. The van der Waals surface area contributed by atoms with E-state index >= 15 is 0 Å². The van der Waals surface area contributed by atoms with Gasteiger partial charge >= 0.3 is 0 Å². The molecular weight excluding hydrogens is 404 g/mol. The maximum Gasteiger partial charge on any atom is 0.255 e. The van der Waals surface area contributed by atoms with Crippen LogP contribution in [0.1, 0.15) is 30.4 Å². The Labute approximate surface area is 178 Å². The molecule has 0 heterocycles. The number of primary amides is 1. The second-order valence-corrected chi connectivity index (χ2v) is 8.70. The number of phenolic OH excluding ortho intramolecular Hbond substituents is 1. The molecule has 31 heavy (non-hydrogen) atoms. The summed E-state index contributed by atoms with van der Waals surface area (Å²) < 4.78 is 0. The minimum absolute atomic E-state index is 0.0720. The molecule has 1 aromatic carbocycles. The Kier molecular flexibility index (Phi) is 4.53. The molecule has 1 saturated carbocycles. The van der Waals surface area contributed by atoms with Crippen LogP contribution in [0.15, 0.2) is 35.1 Å². The number of aromatic hydroxyl groups is 1. The lowest BCUT2D eigenvalue weighted by molar-refractivity contribution is -0.154. The number of hydrogen-bond acceptors (Lipinski definition) is 8. The number of aliphatic hydroxyl groups excluding tert-OH is 2. The van der Waals surface area contributed by atoms with Gasteiger partial charge in [0.25, 0.3) is 5.91 Å². The molecule has 0 unspecified atom stereocenters. The lowest BCUT2D eigenvalue weighted by Crippen LogP contribution is -2.65. The average Bonchev–Trinajstić information content (AvgIpc) is 2.68. The Morgan fingerprint density at radius 2 is 1.84 bits per heavy atom. The predicted molar refractivity (Wildman–Crippen MR) is 109 cm³/mol. The van der Waals surface area contributed by atoms with E-state index in [1.165, 1.54) is 11.0 Å². The van der Waals surface area contributed by atoms with E-state index < -0.39 is 58.0 Å². The molecule has 164 valence electrons. The van der Waals surface area contributed by atoms with Gasteiger partial charge in [0.2, 0.25) is 5.78 Å². The van der Waals surface area contributed by atoms with Crippen molar-refractivity contribution in [2.24, 2.45) is 17.6 Å². The number of fused-ring (bicyclic) bond motifs is 3. The molecule has 0 aromatic heterocycles. The van der Waals surface area contributed by atoms with Crippen LogP contribution in [-0.4, -0.2) is 68.5 Å². The van der Waals surface area contributed by atoms with E-state index in [-0.39, 0.29) is 29.2 Å². The predicted octanol–water partition coefficient (Wildman–Crippen LogP) is 0.525. The van der Waals surface area contributed by atoms with E-state index in [1.807, 2.05) is 6.92 Å². The van der Waals surface area contributed by atoms with E-state index in [0.29, 0.717) is 5.56 Å². The molecule has 3 aliphatic carbocycles. The highest BCUT2D eigenvalue weighted by atomic mass is 16.3. The van der Waals surface area contributed by atoms with Gasteiger partial charge in [0.1, 0.15) is 22.8 Å². The van der Waals surface area contributed by atoms with Crippen LogP contribution in [0.3, 0.4) is 0 Å². The smallest absolute Gasteiger partial charge is 0.255 e. The summed E-state index contributed by atoms with van der Waals surface area (Å²) in [5, 5.41) is 43.5. The van der Waals surface area contributed by atoms with Crippen LogP contribution in [0, 0.1) is 11.8 Å². The van der Waals surface area contributed by atoms with Gasteiger partial charge in [-0.15, -0.1) is 0 Å². The lowest BCUT2D eigenvalue weighted by Gasteiger charge is -2.51. The van der Waals surface area contributed by atoms with Gasteiger partial charge in [-0.25, -0.2) is 0 Å². The van der Waals surface area contributed by atoms with Crippen molar-refractivity contribution in [2.75, 3.05) is 14.1 Å². The minimum atomic E-state index is -2.62. The van der Waals surface area contributed by atoms with Gasteiger partial charge in [0.05, 0.1) is 11.6 Å². The van der Waals surface area contributed by atoms with Crippen LogP contribution >= 0.6 is 0 Å². The van der Waals surface area contributed by atoms with E-state index in [0.717, 1.165) is 0 Å². The zero-order chi connectivity index (χ0) is 23.0. The zero-order valence-electron chi connectivity index (χ0n) is 17.3. The number of nitrogens with two attached hydrogens (primary N) is 1. The fourth-order valence-corrected chi connectivity index (χ4v) is 5.50. The Balaban J connectivity index is 2.01. The first-order chi connectivity index (χ1) is 14.4. The second kappa shape index (κ2) is 6.66. The molecular formula is C22H24N2O7. The molecule has 0 saturated heterocycles. The number of ketones is 2. The number of amides is 1. The van der Waals surface area contributed by atoms with Crippen molar-refractivity contribution in [3.8, 4) is 5.75 Å². The number of carbonyl (C=O) groups excluding carboxylic acids is 3. The summed E-state index contributed by atoms with van der Waals surface area (Å²) in [7, 11) is 3.13. The van der Waals surface area contributed by atoms with Gasteiger partial charge in [-0.3, -0.25) is 19.3 Å². The Morgan fingerprint density at radius 1 is 1.19 bits per heavy atom. The van der Waals surface area contributed by atoms with Crippen LogP contribution < -0.4 is 5.73 Å². The van der Waals surface area contributed by atoms with Crippen molar-refractivity contribution in [1.29, 1.82) is 0 Å². The van der Waals surface area contributed by atoms with Crippen LogP contribution in [0.4, 0.5) is 0 Å². The molecule has 1 fully saturated rings. The maximum atomic E-state index is 13.6. The third kappa shape index (κ3) is 2.53. The standard InChI is InChI=1S/C22H24N2O7/c1-8-9-5-4-6-12(25)13(9)17(26)14-10(8)7-11-16(24(2)3)18(27)15(21(23)30)20(29)22(11,31)19(14)28/h4-6,8,10-11,16,25-26,29,31H,7H2,1-3H3,(H2,23,30)/t8-,10-,11+,16+,22+/m1/s1. The number of phenols is 1. The molecule has 6 N–H and O–H groups in total. The summed E-state index contributed by atoms with van der Waals surface area (Å²) in [6.45, 7) is 1.83. The fourth-order valence-electron chi connectivity index (χ4n) is 5.50. The van der Waals surface area contributed by atoms with Gasteiger partial charge in [-0.2, -0.15) is 0 Å².